The van der Waals surface area contributed by atoms with E-state index in [1.165, 1.54) is 0 Å². The monoisotopic (exact) mass is 212 g/mol. The van der Waals surface area contributed by atoms with E-state index in [1.807, 2.05) is 0 Å². The third-order valence-corrected chi connectivity index (χ3v) is 1.69. The van der Waals surface area contributed by atoms with Crippen LogP contribution in [-0.4, -0.2) is 37.1 Å². The molecule has 0 aliphatic carbocycles. The van der Waals surface area contributed by atoms with Gasteiger partial charge in [0.25, 0.3) is 0 Å². The van der Waals surface area contributed by atoms with Crippen molar-refractivity contribution in [1.29, 1.82) is 0 Å². The Hall–Kier alpha value is -0.780. The van der Waals surface area contributed by atoms with Crippen molar-refractivity contribution in [3.63, 3.8) is 0 Å². The van der Waals surface area contributed by atoms with Crippen molar-refractivity contribution >= 4 is 5.91 Å². The van der Waals surface area contributed by atoms with Crippen molar-refractivity contribution in [1.82, 2.24) is 4.90 Å². The summed E-state index contributed by atoms with van der Waals surface area (Å²) >= 11 is 0. The molecule has 0 bridgehead atoms. The van der Waals surface area contributed by atoms with Gasteiger partial charge in [-0.3, -0.25) is 4.79 Å². The predicted octanol–water partition coefficient (Wildman–Crippen LogP) is 1.14. The minimum absolute atomic E-state index is 0.129. The summed E-state index contributed by atoms with van der Waals surface area (Å²) in [6.07, 6.45) is -2.99. The minimum Gasteiger partial charge on any atom is -0.337 e. The fourth-order valence-corrected chi connectivity index (χ4v) is 0.969. The lowest BCUT2D eigenvalue weighted by molar-refractivity contribution is -0.158. The predicted molar refractivity (Wildman–Crippen MR) is 46.6 cm³/mol. The summed E-state index contributed by atoms with van der Waals surface area (Å²) < 4.78 is 35.5. The maximum Gasteiger partial charge on any atom is 0.406 e. The first kappa shape index (κ1) is 13.2. The summed E-state index contributed by atoms with van der Waals surface area (Å²) in [4.78, 5) is 11.8. The van der Waals surface area contributed by atoms with Gasteiger partial charge in [0.15, 0.2) is 0 Å². The minimum atomic E-state index is -4.32. The highest BCUT2D eigenvalue weighted by Crippen LogP contribution is 2.16. The first-order valence-electron chi connectivity index (χ1n) is 4.37. The molecule has 14 heavy (non-hydrogen) atoms. The molecule has 0 radical (unpaired) electrons. The summed E-state index contributed by atoms with van der Waals surface area (Å²) in [5.41, 5.74) is 5.19. The summed E-state index contributed by atoms with van der Waals surface area (Å²) in [6.45, 7) is -0.731. The Morgan fingerprint density at radius 2 is 1.93 bits per heavy atom. The molecule has 3 nitrogen and oxygen atoms in total. The van der Waals surface area contributed by atoms with Crippen LogP contribution in [0.3, 0.4) is 0 Å². The number of carbonyl (C=O) groups is 1. The largest absolute Gasteiger partial charge is 0.406 e. The maximum atomic E-state index is 11.8. The molecule has 0 aliphatic heterocycles. The second kappa shape index (κ2) is 5.85. The fraction of sp³-hybridized carbons (Fsp3) is 0.875. The van der Waals surface area contributed by atoms with Gasteiger partial charge in [-0.2, -0.15) is 13.2 Å². The lowest BCUT2D eigenvalue weighted by Gasteiger charge is -2.18. The number of hydrogen-bond donors (Lipinski definition) is 1. The highest BCUT2D eigenvalue weighted by atomic mass is 19.4. The van der Waals surface area contributed by atoms with Gasteiger partial charge < -0.3 is 10.6 Å². The molecule has 0 aromatic rings. The molecular formula is C8H15F3N2O. The normalized spacial score (nSPS) is 11.5. The van der Waals surface area contributed by atoms with Gasteiger partial charge in [0, 0.05) is 13.5 Å². The Morgan fingerprint density at radius 3 is 2.36 bits per heavy atom. The molecule has 84 valence electrons. The van der Waals surface area contributed by atoms with Crippen LogP contribution in [0.15, 0.2) is 0 Å². The van der Waals surface area contributed by atoms with E-state index in [4.69, 9.17) is 5.73 Å². The molecule has 0 unspecified atom stereocenters. The quantitative estimate of drug-likeness (QED) is 0.694. The average Bonchev–Trinajstić information content (AvgIpc) is 2.01. The number of hydrogen-bond acceptors (Lipinski definition) is 2. The van der Waals surface area contributed by atoms with E-state index in [-0.39, 0.29) is 6.42 Å². The van der Waals surface area contributed by atoms with Crippen molar-refractivity contribution in [2.75, 3.05) is 20.1 Å². The molecule has 0 saturated heterocycles. The highest BCUT2D eigenvalue weighted by molar-refractivity contribution is 5.75. The summed E-state index contributed by atoms with van der Waals surface area (Å²) in [7, 11) is 1.15. The van der Waals surface area contributed by atoms with Gasteiger partial charge in [-0.05, 0) is 19.4 Å². The molecule has 0 heterocycles. The third-order valence-electron chi connectivity index (χ3n) is 1.69. The van der Waals surface area contributed by atoms with E-state index in [2.05, 4.69) is 0 Å². The van der Waals surface area contributed by atoms with Gasteiger partial charge in [-0.1, -0.05) is 0 Å². The van der Waals surface area contributed by atoms with Crippen molar-refractivity contribution < 1.29 is 18.0 Å². The number of unbranched alkanes of at least 4 members (excludes halogenated alkanes) is 1. The molecule has 0 fully saturated rings. The molecule has 0 atom stereocenters. The Bertz CT molecular complexity index is 182. The summed E-state index contributed by atoms with van der Waals surface area (Å²) in [5, 5.41) is 0. The zero-order chi connectivity index (χ0) is 11.2. The molecule has 0 spiro atoms. The van der Waals surface area contributed by atoms with Crippen LogP contribution in [0, 0.1) is 0 Å². The smallest absolute Gasteiger partial charge is 0.337 e. The van der Waals surface area contributed by atoms with E-state index in [1.54, 1.807) is 0 Å². The number of halogens is 3. The zero-order valence-electron chi connectivity index (χ0n) is 8.10. The van der Waals surface area contributed by atoms with Crippen LogP contribution in [0.4, 0.5) is 13.2 Å². The number of nitrogens with two attached hydrogens (primary N) is 1. The van der Waals surface area contributed by atoms with Crippen LogP contribution >= 0.6 is 0 Å². The van der Waals surface area contributed by atoms with Crippen molar-refractivity contribution in [3.05, 3.63) is 0 Å². The van der Waals surface area contributed by atoms with E-state index in [0.717, 1.165) is 7.05 Å². The van der Waals surface area contributed by atoms with E-state index in [9.17, 15) is 18.0 Å². The van der Waals surface area contributed by atoms with Gasteiger partial charge in [0.1, 0.15) is 6.54 Å². The van der Waals surface area contributed by atoms with Crippen molar-refractivity contribution in [2.45, 2.75) is 25.4 Å². The van der Waals surface area contributed by atoms with Gasteiger partial charge in [0.05, 0.1) is 0 Å². The summed E-state index contributed by atoms with van der Waals surface area (Å²) in [5.74, 6) is -0.490. The number of nitrogens with zero attached hydrogens (tertiary/aromatic N) is 1. The van der Waals surface area contributed by atoms with Crippen LogP contribution in [0.1, 0.15) is 19.3 Å². The van der Waals surface area contributed by atoms with E-state index >= 15 is 0 Å². The average molecular weight is 212 g/mol. The highest BCUT2D eigenvalue weighted by Gasteiger charge is 2.30. The molecular weight excluding hydrogens is 197 g/mol. The molecule has 0 saturated carbocycles. The summed E-state index contributed by atoms with van der Waals surface area (Å²) in [6, 6.07) is 0. The van der Waals surface area contributed by atoms with Crippen LogP contribution in [0.25, 0.3) is 0 Å². The number of carbonyl (C=O) groups excluding carboxylic acids is 1. The lowest BCUT2D eigenvalue weighted by atomic mass is 10.2. The zero-order valence-corrected chi connectivity index (χ0v) is 8.10. The molecule has 1 amide bonds. The Labute approximate surface area is 81.1 Å². The van der Waals surface area contributed by atoms with Crippen LogP contribution in [0.5, 0.6) is 0 Å². The third kappa shape index (κ3) is 6.71. The van der Waals surface area contributed by atoms with E-state index < -0.39 is 18.6 Å². The first-order chi connectivity index (χ1) is 6.37. The lowest BCUT2D eigenvalue weighted by Crippen LogP contribution is -2.35. The Morgan fingerprint density at radius 1 is 1.36 bits per heavy atom. The Balaban J connectivity index is 3.77. The van der Waals surface area contributed by atoms with E-state index in [0.29, 0.717) is 24.3 Å². The molecule has 6 heteroatoms. The molecule has 0 aromatic heterocycles. The second-order valence-electron chi connectivity index (χ2n) is 3.11. The molecule has 2 N–H and O–H groups in total. The SMILES string of the molecule is CN(CC(F)(F)F)C(=O)CCCCN. The maximum absolute atomic E-state index is 11.8. The van der Waals surface area contributed by atoms with Crippen LogP contribution in [-0.2, 0) is 4.79 Å². The molecule has 0 aliphatic rings. The number of rotatable bonds is 5. The van der Waals surface area contributed by atoms with Gasteiger partial charge in [-0.15, -0.1) is 0 Å². The van der Waals surface area contributed by atoms with Gasteiger partial charge in [0.2, 0.25) is 5.91 Å². The van der Waals surface area contributed by atoms with Crippen molar-refractivity contribution in [2.24, 2.45) is 5.73 Å². The van der Waals surface area contributed by atoms with Crippen LogP contribution < -0.4 is 5.73 Å². The van der Waals surface area contributed by atoms with Gasteiger partial charge in [-0.25, -0.2) is 0 Å². The fourth-order valence-electron chi connectivity index (χ4n) is 0.969. The Kier molecular flexibility index (Phi) is 5.52. The first-order valence-corrected chi connectivity index (χ1v) is 4.37. The van der Waals surface area contributed by atoms with Gasteiger partial charge >= 0.3 is 6.18 Å². The van der Waals surface area contributed by atoms with Crippen LogP contribution in [0.2, 0.25) is 0 Å². The number of amides is 1. The topological polar surface area (TPSA) is 46.3 Å². The standard InChI is InChI=1S/C8H15F3N2O/c1-13(6-8(9,10)11)7(14)4-2-3-5-12/h2-6,12H2,1H3. The molecule has 0 aromatic carbocycles. The van der Waals surface area contributed by atoms with Crippen molar-refractivity contribution in [3.8, 4) is 0 Å². The second-order valence-corrected chi connectivity index (χ2v) is 3.11. The number of alkyl halides is 3. The molecule has 0 rings (SSSR count).